The fourth-order valence-corrected chi connectivity index (χ4v) is 0.756. The quantitative estimate of drug-likeness (QED) is 0.429. The molecule has 0 spiro atoms. The van der Waals surface area contributed by atoms with Crippen LogP contribution >= 0.6 is 0 Å². The standard InChI is InChI=1S/C4H8O4.C4H6O3.H2O/c5-2-3(6)1-4(7)8;5-3-1-4(6)7-2-3;/h3,5-6H,1-2H2,(H,7,8);3,5H,1-2H2;1H2/p-2/t2*3-;/m00./s1. The zero-order chi connectivity index (χ0) is 11.8. The van der Waals surface area contributed by atoms with Gasteiger partial charge in [0.15, 0.2) is 0 Å². The normalized spacial score (nSPS) is 19.9. The molecule has 2 atom stereocenters. The summed E-state index contributed by atoms with van der Waals surface area (Å²) in [6.07, 6.45) is -2.07. The number of cyclic esters (lactones) is 1. The third-order valence-electron chi connectivity index (χ3n) is 1.45. The fraction of sp³-hybridized carbons (Fsp3) is 0.750. The molecule has 0 amide bonds. The number of ether oxygens (including phenoxy) is 1. The molecule has 96 valence electrons. The van der Waals surface area contributed by atoms with Gasteiger partial charge in [0.05, 0.1) is 25.2 Å². The van der Waals surface area contributed by atoms with Crippen molar-refractivity contribution >= 4 is 11.9 Å². The van der Waals surface area contributed by atoms with E-state index in [0.717, 1.165) is 0 Å². The summed E-state index contributed by atoms with van der Waals surface area (Å²) in [5.41, 5.74) is 0. The van der Waals surface area contributed by atoms with Crippen LogP contribution in [0.5, 0.6) is 0 Å². The van der Waals surface area contributed by atoms with E-state index >= 15 is 0 Å². The van der Waals surface area contributed by atoms with Gasteiger partial charge in [0, 0.05) is 12.4 Å². The monoisotopic (exact) mass is 238 g/mol. The molecule has 0 aromatic carbocycles. The number of aliphatic hydroxyl groups is 3. The molecular weight excluding hydrogens is 224 g/mol. The maximum Gasteiger partial charge on any atom is 0.308 e. The van der Waals surface area contributed by atoms with Gasteiger partial charge in [-0.15, -0.1) is 0 Å². The van der Waals surface area contributed by atoms with E-state index in [0.29, 0.717) is 0 Å². The van der Waals surface area contributed by atoms with Gasteiger partial charge in [-0.3, -0.25) is 4.79 Å². The number of carbonyl (C=O) groups excluding carboxylic acids is 2. The zero-order valence-electron chi connectivity index (χ0n) is 8.40. The number of hydrogen-bond acceptors (Lipinski definition) is 8. The highest BCUT2D eigenvalue weighted by Gasteiger charge is 2.20. The van der Waals surface area contributed by atoms with Crippen molar-refractivity contribution in [3.63, 3.8) is 0 Å². The fourth-order valence-electron chi connectivity index (χ4n) is 0.756. The molecule has 8 heteroatoms. The van der Waals surface area contributed by atoms with Crippen molar-refractivity contribution < 1.29 is 40.2 Å². The van der Waals surface area contributed by atoms with Crippen molar-refractivity contribution in [2.75, 3.05) is 13.2 Å². The highest BCUT2D eigenvalue weighted by Crippen LogP contribution is 2.03. The first-order chi connectivity index (χ1) is 6.95. The topological polar surface area (TPSA) is 157 Å². The molecule has 0 radical (unpaired) electrons. The Morgan fingerprint density at radius 1 is 1.62 bits per heavy atom. The number of hydrogen-bond donors (Lipinski definition) is 3. The number of esters is 1. The molecule has 1 aliphatic rings. The van der Waals surface area contributed by atoms with Gasteiger partial charge in [-0.1, -0.05) is 0 Å². The third kappa shape index (κ3) is 9.34. The van der Waals surface area contributed by atoms with Crippen molar-refractivity contribution in [2.45, 2.75) is 25.0 Å². The number of rotatable bonds is 3. The zero-order valence-corrected chi connectivity index (χ0v) is 8.40. The van der Waals surface area contributed by atoms with Crippen LogP contribution < -0.4 is 5.11 Å². The molecule has 1 fully saturated rings. The van der Waals surface area contributed by atoms with E-state index < -0.39 is 31.2 Å². The average molecular weight is 238 g/mol. The maximum absolute atomic E-state index is 10.1. The van der Waals surface area contributed by atoms with Gasteiger partial charge in [0.2, 0.25) is 0 Å². The van der Waals surface area contributed by atoms with Crippen LogP contribution in [-0.4, -0.2) is 58.2 Å². The van der Waals surface area contributed by atoms with Gasteiger partial charge in [-0.05, 0) is 0 Å². The summed E-state index contributed by atoms with van der Waals surface area (Å²) in [5, 5.41) is 34.5. The summed E-state index contributed by atoms with van der Waals surface area (Å²) in [6, 6.07) is 0. The highest BCUT2D eigenvalue weighted by atomic mass is 16.6. The maximum atomic E-state index is 10.1. The molecular formula is C8H14O8-2. The van der Waals surface area contributed by atoms with Gasteiger partial charge in [0.1, 0.15) is 6.61 Å². The summed E-state index contributed by atoms with van der Waals surface area (Å²) in [6.45, 7) is -0.354. The Labute approximate surface area is 91.4 Å². The Hall–Kier alpha value is -1.22. The third-order valence-corrected chi connectivity index (χ3v) is 1.45. The first-order valence-corrected chi connectivity index (χ1v) is 4.28. The van der Waals surface area contributed by atoms with Crippen molar-refractivity contribution in [3.8, 4) is 0 Å². The second-order valence-electron chi connectivity index (χ2n) is 2.95. The molecule has 1 saturated heterocycles. The van der Waals surface area contributed by atoms with Crippen molar-refractivity contribution in [1.29, 1.82) is 0 Å². The summed E-state index contributed by atoms with van der Waals surface area (Å²) in [5.74, 6) is -1.65. The summed E-state index contributed by atoms with van der Waals surface area (Å²) in [7, 11) is 0. The number of carbonyl (C=O) groups is 2. The molecule has 0 aromatic rings. The summed E-state index contributed by atoms with van der Waals surface area (Å²) >= 11 is 0. The Bertz CT molecular complexity index is 216. The van der Waals surface area contributed by atoms with Crippen LogP contribution in [0.2, 0.25) is 0 Å². The lowest BCUT2D eigenvalue weighted by Crippen LogP contribution is -2.28. The van der Waals surface area contributed by atoms with Crippen LogP contribution in [0, 0.1) is 0 Å². The molecule has 1 rings (SSSR count). The van der Waals surface area contributed by atoms with Gasteiger partial charge in [-0.2, -0.15) is 0 Å². The Morgan fingerprint density at radius 2 is 2.19 bits per heavy atom. The minimum atomic E-state index is -1.36. The lowest BCUT2D eigenvalue weighted by atomic mass is 10.3. The van der Waals surface area contributed by atoms with E-state index in [4.69, 9.17) is 15.3 Å². The number of aliphatic hydroxyl groups excluding tert-OH is 3. The predicted octanol–water partition coefficient (Wildman–Crippen LogP) is -3.40. The van der Waals surface area contributed by atoms with Crippen LogP contribution in [0.1, 0.15) is 12.8 Å². The van der Waals surface area contributed by atoms with E-state index in [1.54, 1.807) is 0 Å². The molecule has 0 bridgehead atoms. The molecule has 4 N–H and O–H groups in total. The minimum absolute atomic E-state index is 0. The van der Waals surface area contributed by atoms with Crippen molar-refractivity contribution in [2.24, 2.45) is 0 Å². The molecule has 0 aliphatic carbocycles. The smallest absolute Gasteiger partial charge is 0.308 e. The van der Waals surface area contributed by atoms with E-state index in [9.17, 15) is 14.7 Å². The number of aliphatic carboxylic acids is 1. The molecule has 0 saturated carbocycles. The van der Waals surface area contributed by atoms with Crippen LogP contribution in [0.25, 0.3) is 0 Å². The van der Waals surface area contributed by atoms with Crippen LogP contribution in [0.4, 0.5) is 0 Å². The average Bonchev–Trinajstić information content (AvgIpc) is 2.49. The molecule has 1 heterocycles. The summed E-state index contributed by atoms with van der Waals surface area (Å²) in [4.78, 5) is 19.7. The highest BCUT2D eigenvalue weighted by molar-refractivity contribution is 5.71. The number of carboxylic acid groups (broad SMARTS) is 1. The number of carboxylic acids is 1. The Kier molecular flexibility index (Phi) is 9.71. The van der Waals surface area contributed by atoms with Crippen LogP contribution in [0.3, 0.4) is 0 Å². The van der Waals surface area contributed by atoms with Crippen LogP contribution in [0.15, 0.2) is 0 Å². The van der Waals surface area contributed by atoms with Gasteiger partial charge >= 0.3 is 5.97 Å². The van der Waals surface area contributed by atoms with E-state index in [1.807, 2.05) is 0 Å². The van der Waals surface area contributed by atoms with Gasteiger partial charge in [0.25, 0.3) is 0 Å². The molecule has 16 heavy (non-hydrogen) atoms. The first kappa shape index (κ1) is 17.2. The minimum Gasteiger partial charge on any atom is -0.870 e. The SMILES string of the molecule is O=C([O-])C[C@H](O)CO.O=C1C[C@H](O)CO1.[OH-]. The second kappa shape index (κ2) is 9.04. The van der Waals surface area contributed by atoms with Gasteiger partial charge < -0.3 is 35.4 Å². The van der Waals surface area contributed by atoms with Gasteiger partial charge in [-0.25, -0.2) is 0 Å². The summed E-state index contributed by atoms with van der Waals surface area (Å²) < 4.78 is 4.38. The largest absolute Gasteiger partial charge is 0.870 e. The predicted molar refractivity (Wildman–Crippen MR) is 46.2 cm³/mol. The van der Waals surface area contributed by atoms with E-state index in [1.165, 1.54) is 0 Å². The van der Waals surface area contributed by atoms with Crippen molar-refractivity contribution in [3.05, 3.63) is 0 Å². The lowest BCUT2D eigenvalue weighted by Gasteiger charge is -2.05. The molecule has 8 nitrogen and oxygen atoms in total. The van der Waals surface area contributed by atoms with E-state index in [2.05, 4.69) is 4.74 Å². The van der Waals surface area contributed by atoms with E-state index in [-0.39, 0.29) is 24.5 Å². The lowest BCUT2D eigenvalue weighted by molar-refractivity contribution is -0.307. The molecule has 0 unspecified atom stereocenters. The van der Waals surface area contributed by atoms with Crippen molar-refractivity contribution in [1.82, 2.24) is 0 Å². The second-order valence-corrected chi connectivity index (χ2v) is 2.95. The Morgan fingerprint density at radius 3 is 2.31 bits per heavy atom. The first-order valence-electron chi connectivity index (χ1n) is 4.28. The molecule has 0 aromatic heterocycles. The molecule has 1 aliphatic heterocycles. The van der Waals surface area contributed by atoms with Crippen LogP contribution in [-0.2, 0) is 14.3 Å². The Balaban J connectivity index is 0.